The van der Waals surface area contributed by atoms with Gasteiger partial charge in [0.15, 0.2) is 0 Å². The van der Waals surface area contributed by atoms with Crippen molar-refractivity contribution in [2.45, 2.75) is 90.3 Å². The summed E-state index contributed by atoms with van der Waals surface area (Å²) in [4.78, 5) is 51.0. The third kappa shape index (κ3) is 12.2. The number of hydrogen-bond donors (Lipinski definition) is 4. The van der Waals surface area contributed by atoms with Gasteiger partial charge in [0.25, 0.3) is 0 Å². The van der Waals surface area contributed by atoms with Crippen LogP contribution >= 0.6 is 22.7 Å². The maximum Gasteiger partial charge on any atom is 0.407 e. The number of aromatic nitrogens is 2. The fourth-order valence-electron chi connectivity index (χ4n) is 5.39. The van der Waals surface area contributed by atoms with Crippen molar-refractivity contribution < 1.29 is 24.2 Å². The van der Waals surface area contributed by atoms with Crippen molar-refractivity contribution in [2.24, 2.45) is 5.92 Å². The lowest BCUT2D eigenvalue weighted by Crippen LogP contribution is -2.55. The van der Waals surface area contributed by atoms with Crippen molar-refractivity contribution >= 4 is 40.7 Å². The maximum absolute atomic E-state index is 13.9. The normalized spacial score (nSPS) is 13.7. The van der Waals surface area contributed by atoms with Crippen molar-refractivity contribution in [1.29, 1.82) is 0 Å². The second-order valence-electron chi connectivity index (χ2n) is 13.0. The number of benzene rings is 2. The lowest BCUT2D eigenvalue weighted by molar-refractivity contribution is -0.124. The van der Waals surface area contributed by atoms with Crippen LogP contribution in [0.3, 0.4) is 0 Å². The highest BCUT2D eigenvalue weighted by atomic mass is 32.1. The summed E-state index contributed by atoms with van der Waals surface area (Å²) in [6.07, 6.45) is 0.836. The zero-order valence-electron chi connectivity index (χ0n) is 29.2. The van der Waals surface area contributed by atoms with Gasteiger partial charge in [-0.2, -0.15) is 0 Å². The first-order valence-electron chi connectivity index (χ1n) is 16.8. The molecular weight excluding hydrogens is 673 g/mol. The molecule has 0 aliphatic heterocycles. The number of alkyl carbamates (subject to hydrolysis) is 1. The first-order valence-corrected chi connectivity index (χ1v) is 18.6. The molecule has 4 aromatic rings. The zero-order valence-corrected chi connectivity index (χ0v) is 30.9. The molecule has 13 heteroatoms. The average molecular weight is 721 g/mol. The number of nitrogens with one attached hydrogen (secondary N) is 3. The fourth-order valence-corrected chi connectivity index (χ4v) is 6.72. The minimum Gasteiger partial charge on any atom is -0.444 e. The standard InChI is InChI=1S/C37H48N6O5S2/c1-24(2)33(42-36(46)43(5)20-29-22-49-35(40-29)25(3)4)34(45)39-28(16-26-12-8-6-9-13-26)18-32(44)31(17-27-14-10-7-11-15-27)41-37(47)48-21-30-19-38-23-50-30/h6-15,19,22-25,28,31-33,44H,16-18,20-21H2,1-5H3,(H,39,45)(H,41,47)(H,42,46)/t28-,31+,32-,33+/m0/s1. The van der Waals surface area contributed by atoms with E-state index in [9.17, 15) is 19.5 Å². The van der Waals surface area contributed by atoms with Crippen molar-refractivity contribution in [3.63, 3.8) is 0 Å². The molecule has 0 spiro atoms. The average Bonchev–Trinajstić information content (AvgIpc) is 3.79. The number of ether oxygens (including phenoxy) is 1. The SMILES string of the molecule is CC(C)c1nc(CN(C)C(=O)N[C@@H](C(=O)N[C@@H](Cc2ccccc2)C[C@H](O)[C@@H](Cc2ccccc2)NC(=O)OCc2cncs2)C(C)C)cs1. The summed E-state index contributed by atoms with van der Waals surface area (Å²) in [6, 6.07) is 16.8. The second kappa shape index (κ2) is 19.2. The minimum atomic E-state index is -1.05. The van der Waals surface area contributed by atoms with Crippen LogP contribution in [-0.4, -0.2) is 69.3 Å². The highest BCUT2D eigenvalue weighted by molar-refractivity contribution is 7.09. The van der Waals surface area contributed by atoms with E-state index in [0.717, 1.165) is 26.7 Å². The number of urea groups is 1. The molecule has 0 saturated heterocycles. The van der Waals surface area contributed by atoms with Crippen LogP contribution in [0, 0.1) is 5.92 Å². The Morgan fingerprint density at radius 2 is 1.56 bits per heavy atom. The molecule has 0 aliphatic rings. The first kappa shape index (κ1) is 38.5. The molecule has 0 fully saturated rings. The Labute approximate surface area is 302 Å². The van der Waals surface area contributed by atoms with Gasteiger partial charge in [0.1, 0.15) is 12.6 Å². The van der Waals surface area contributed by atoms with Gasteiger partial charge in [-0.3, -0.25) is 9.78 Å². The van der Waals surface area contributed by atoms with Crippen LogP contribution in [0.2, 0.25) is 0 Å². The van der Waals surface area contributed by atoms with E-state index in [-0.39, 0.29) is 30.9 Å². The van der Waals surface area contributed by atoms with Crippen LogP contribution in [0.15, 0.2) is 77.8 Å². The number of hydrogen-bond acceptors (Lipinski definition) is 9. The zero-order chi connectivity index (χ0) is 36.0. The largest absolute Gasteiger partial charge is 0.444 e. The molecule has 0 unspecified atom stereocenters. The summed E-state index contributed by atoms with van der Waals surface area (Å²) >= 11 is 2.95. The number of aliphatic hydroxyl groups is 1. The van der Waals surface area contributed by atoms with E-state index in [1.807, 2.05) is 79.9 Å². The van der Waals surface area contributed by atoms with Gasteiger partial charge in [-0.15, -0.1) is 22.7 Å². The summed E-state index contributed by atoms with van der Waals surface area (Å²) in [5.74, 6) is -0.277. The van der Waals surface area contributed by atoms with Crippen LogP contribution in [0.25, 0.3) is 0 Å². The van der Waals surface area contributed by atoms with Crippen molar-refractivity contribution in [3.8, 4) is 0 Å². The van der Waals surface area contributed by atoms with E-state index >= 15 is 0 Å². The Hall–Kier alpha value is -4.33. The Kier molecular flexibility index (Phi) is 14.7. The summed E-state index contributed by atoms with van der Waals surface area (Å²) in [6.45, 7) is 8.28. The van der Waals surface area contributed by atoms with Crippen molar-refractivity contribution in [3.05, 3.63) is 104 Å². The molecule has 11 nitrogen and oxygen atoms in total. The number of rotatable bonds is 17. The molecule has 4 rings (SSSR count). The van der Waals surface area contributed by atoms with Crippen molar-refractivity contribution in [2.75, 3.05) is 7.05 Å². The van der Waals surface area contributed by atoms with E-state index in [0.29, 0.717) is 25.3 Å². The molecule has 4 N–H and O–H groups in total. The van der Waals surface area contributed by atoms with Gasteiger partial charge in [0, 0.05) is 30.6 Å². The second-order valence-corrected chi connectivity index (χ2v) is 14.9. The lowest BCUT2D eigenvalue weighted by Gasteiger charge is -2.30. The maximum atomic E-state index is 13.9. The number of aliphatic hydroxyl groups excluding tert-OH is 1. The van der Waals surface area contributed by atoms with Crippen LogP contribution in [0.1, 0.15) is 66.7 Å². The van der Waals surface area contributed by atoms with Gasteiger partial charge in [0.05, 0.1) is 39.8 Å². The Bertz CT molecular complexity index is 1620. The Balaban J connectivity index is 1.46. The third-order valence-corrected chi connectivity index (χ3v) is 10.1. The molecule has 4 atom stereocenters. The molecule has 50 heavy (non-hydrogen) atoms. The number of carbonyl (C=O) groups is 3. The number of amides is 4. The molecular formula is C37H48N6O5S2. The van der Waals surface area contributed by atoms with Gasteiger partial charge < -0.3 is 30.7 Å². The fraction of sp³-hybridized carbons (Fsp3) is 0.432. The van der Waals surface area contributed by atoms with E-state index < -0.39 is 30.3 Å². The van der Waals surface area contributed by atoms with Crippen LogP contribution in [-0.2, 0) is 35.5 Å². The number of thiazole rings is 2. The third-order valence-electron chi connectivity index (χ3n) is 8.13. The Morgan fingerprint density at radius 3 is 2.14 bits per heavy atom. The number of nitrogens with zero attached hydrogens (tertiary/aromatic N) is 3. The van der Waals surface area contributed by atoms with Gasteiger partial charge in [-0.05, 0) is 36.3 Å². The molecule has 2 heterocycles. The van der Waals surface area contributed by atoms with E-state index in [1.54, 1.807) is 30.1 Å². The summed E-state index contributed by atoms with van der Waals surface area (Å²) < 4.78 is 5.42. The molecule has 268 valence electrons. The highest BCUT2D eigenvalue weighted by Gasteiger charge is 2.31. The van der Waals surface area contributed by atoms with Crippen LogP contribution in [0.4, 0.5) is 9.59 Å². The molecule has 0 bridgehead atoms. The van der Waals surface area contributed by atoms with Gasteiger partial charge in [0.2, 0.25) is 5.91 Å². The molecule has 2 aromatic heterocycles. The molecule has 0 aliphatic carbocycles. The van der Waals surface area contributed by atoms with Gasteiger partial charge in [-0.1, -0.05) is 88.4 Å². The van der Waals surface area contributed by atoms with Crippen molar-refractivity contribution in [1.82, 2.24) is 30.8 Å². The Morgan fingerprint density at radius 1 is 0.900 bits per heavy atom. The summed E-state index contributed by atoms with van der Waals surface area (Å²) in [5, 5.41) is 23.5. The monoisotopic (exact) mass is 720 g/mol. The predicted octanol–water partition coefficient (Wildman–Crippen LogP) is 5.91. The lowest BCUT2D eigenvalue weighted by atomic mass is 9.93. The molecule has 4 amide bonds. The highest BCUT2D eigenvalue weighted by Crippen LogP contribution is 2.20. The molecule has 0 saturated carbocycles. The number of carbonyl (C=O) groups excluding carboxylic acids is 3. The quantitative estimate of drug-likeness (QED) is 0.106. The molecule has 0 radical (unpaired) electrons. The minimum absolute atomic E-state index is 0.0671. The predicted molar refractivity (Wildman–Crippen MR) is 197 cm³/mol. The first-order chi connectivity index (χ1) is 24.0. The van der Waals surface area contributed by atoms with Gasteiger partial charge in [-0.25, -0.2) is 14.6 Å². The van der Waals surface area contributed by atoms with Crippen LogP contribution in [0.5, 0.6) is 0 Å². The topological polar surface area (TPSA) is 146 Å². The summed E-state index contributed by atoms with van der Waals surface area (Å²) in [7, 11) is 1.68. The van der Waals surface area contributed by atoms with E-state index in [4.69, 9.17) is 4.74 Å². The van der Waals surface area contributed by atoms with E-state index in [1.165, 1.54) is 16.2 Å². The van der Waals surface area contributed by atoms with Gasteiger partial charge >= 0.3 is 12.1 Å². The summed E-state index contributed by atoms with van der Waals surface area (Å²) in [5.41, 5.74) is 4.35. The molecule has 2 aromatic carbocycles. The van der Waals surface area contributed by atoms with E-state index in [2.05, 4.69) is 39.8 Å². The van der Waals surface area contributed by atoms with Crippen LogP contribution < -0.4 is 16.0 Å². The smallest absolute Gasteiger partial charge is 0.407 e.